The molecule has 5 rings (SSSR count). The number of carboxylic acid groups (broad SMARTS) is 1. The summed E-state index contributed by atoms with van der Waals surface area (Å²) in [6, 6.07) is 33.9. The van der Waals surface area contributed by atoms with Crippen LogP contribution in [0.15, 0.2) is 103 Å². The summed E-state index contributed by atoms with van der Waals surface area (Å²) in [5.41, 5.74) is 7.52. The topological polar surface area (TPSA) is 75.6 Å². The van der Waals surface area contributed by atoms with Gasteiger partial charge in [-0.25, -0.2) is 4.79 Å². The minimum atomic E-state index is -0.961. The summed E-state index contributed by atoms with van der Waals surface area (Å²) in [5, 5.41) is 12.5. The van der Waals surface area contributed by atoms with Crippen LogP contribution in [0.4, 0.5) is 4.79 Å². The first-order valence-corrected chi connectivity index (χ1v) is 12.1. The molecule has 2 N–H and O–H groups in total. The first-order valence-electron chi connectivity index (χ1n) is 12.1. The Morgan fingerprint density at radius 3 is 1.94 bits per heavy atom. The van der Waals surface area contributed by atoms with Gasteiger partial charge in [-0.3, -0.25) is 4.79 Å². The monoisotopic (exact) mass is 477 g/mol. The highest BCUT2D eigenvalue weighted by atomic mass is 16.5. The Kier molecular flexibility index (Phi) is 6.80. The Labute approximate surface area is 210 Å². The van der Waals surface area contributed by atoms with Crippen LogP contribution in [0.3, 0.4) is 0 Å². The number of carboxylic acids is 1. The number of carbonyl (C=O) groups is 2. The van der Waals surface area contributed by atoms with Gasteiger partial charge in [-0.1, -0.05) is 103 Å². The minimum Gasteiger partial charge on any atom is -0.481 e. The summed E-state index contributed by atoms with van der Waals surface area (Å²) in [5.74, 6) is -1.79. The van der Waals surface area contributed by atoms with Gasteiger partial charge in [0.15, 0.2) is 0 Å². The van der Waals surface area contributed by atoms with Crippen LogP contribution in [0, 0.1) is 5.92 Å². The fraction of sp³-hybridized carbons (Fsp3) is 0.161. The molecule has 0 radical (unpaired) electrons. The van der Waals surface area contributed by atoms with Crippen LogP contribution in [0.1, 0.15) is 22.6 Å². The molecule has 0 heterocycles. The van der Waals surface area contributed by atoms with E-state index in [9.17, 15) is 14.7 Å². The van der Waals surface area contributed by atoms with E-state index in [0.29, 0.717) is 6.42 Å². The average molecular weight is 478 g/mol. The highest BCUT2D eigenvalue weighted by Gasteiger charge is 2.29. The molecule has 4 aromatic carbocycles. The van der Waals surface area contributed by atoms with Gasteiger partial charge in [-0.15, -0.1) is 0 Å². The van der Waals surface area contributed by atoms with Crippen molar-refractivity contribution in [3.8, 4) is 22.3 Å². The van der Waals surface area contributed by atoms with Crippen LogP contribution in [0.5, 0.6) is 0 Å². The molecule has 1 aliphatic carbocycles. The zero-order chi connectivity index (χ0) is 24.9. The summed E-state index contributed by atoms with van der Waals surface area (Å²) in [6.07, 6.45) is -0.316. The molecular formula is C31H27NO4. The summed E-state index contributed by atoms with van der Waals surface area (Å²) in [6.45, 7) is 0.170. The van der Waals surface area contributed by atoms with Gasteiger partial charge < -0.3 is 15.2 Å². The van der Waals surface area contributed by atoms with Crippen molar-refractivity contribution >= 4 is 12.1 Å². The number of fused-ring (bicyclic) bond motifs is 3. The molecule has 0 fully saturated rings. The molecule has 1 amide bonds. The second-order valence-electron chi connectivity index (χ2n) is 8.97. The van der Waals surface area contributed by atoms with Crippen molar-refractivity contribution in [3.63, 3.8) is 0 Å². The predicted octanol–water partition coefficient (Wildman–Crippen LogP) is 6.14. The standard InChI is InChI=1S/C31H27NO4/c33-30(34)23(18-22-12-4-5-13-24(22)21-10-2-1-3-11-21)19-32-31(35)36-20-29-27-16-8-6-14-25(27)26-15-7-9-17-28(26)29/h1-17,23,29H,18-20H2,(H,32,35)(H,33,34)/t23-/m1/s1. The Morgan fingerprint density at radius 1 is 0.750 bits per heavy atom. The van der Waals surface area contributed by atoms with Crippen molar-refractivity contribution < 1.29 is 19.4 Å². The van der Waals surface area contributed by atoms with Crippen LogP contribution in [0.2, 0.25) is 0 Å². The first kappa shape index (κ1) is 23.4. The lowest BCUT2D eigenvalue weighted by molar-refractivity contribution is -0.141. The zero-order valence-corrected chi connectivity index (χ0v) is 19.8. The number of nitrogens with one attached hydrogen (secondary N) is 1. The molecule has 0 bridgehead atoms. The van der Waals surface area contributed by atoms with Crippen LogP contribution < -0.4 is 5.32 Å². The molecule has 5 nitrogen and oxygen atoms in total. The fourth-order valence-electron chi connectivity index (χ4n) is 4.97. The van der Waals surface area contributed by atoms with E-state index in [1.54, 1.807) is 0 Å². The molecule has 0 saturated heterocycles. The van der Waals surface area contributed by atoms with Crippen LogP contribution in [-0.2, 0) is 16.0 Å². The van der Waals surface area contributed by atoms with Gasteiger partial charge in [0.25, 0.3) is 0 Å². The zero-order valence-electron chi connectivity index (χ0n) is 19.8. The van der Waals surface area contributed by atoms with Gasteiger partial charge in [-0.05, 0) is 45.4 Å². The SMILES string of the molecule is O=C(NC[C@@H](Cc1ccccc1-c1ccccc1)C(=O)O)OCC1c2ccccc2-c2ccccc21. The largest absolute Gasteiger partial charge is 0.481 e. The molecule has 0 saturated carbocycles. The van der Waals surface area contributed by atoms with Crippen molar-refractivity contribution in [2.45, 2.75) is 12.3 Å². The number of carbonyl (C=O) groups excluding carboxylic acids is 1. The summed E-state index contributed by atoms with van der Waals surface area (Å²) >= 11 is 0. The first-order chi connectivity index (χ1) is 17.6. The summed E-state index contributed by atoms with van der Waals surface area (Å²) < 4.78 is 5.57. The molecule has 0 spiro atoms. The second-order valence-corrected chi connectivity index (χ2v) is 8.97. The van der Waals surface area contributed by atoms with Crippen LogP contribution in [-0.4, -0.2) is 30.3 Å². The van der Waals surface area contributed by atoms with Gasteiger partial charge in [0.05, 0.1) is 5.92 Å². The van der Waals surface area contributed by atoms with Gasteiger partial charge >= 0.3 is 12.1 Å². The quantitative estimate of drug-likeness (QED) is 0.320. The van der Waals surface area contributed by atoms with E-state index in [-0.39, 0.29) is 19.1 Å². The van der Waals surface area contributed by atoms with Crippen molar-refractivity contribution in [1.82, 2.24) is 5.32 Å². The van der Waals surface area contributed by atoms with E-state index in [4.69, 9.17) is 4.74 Å². The van der Waals surface area contributed by atoms with Gasteiger partial charge in [-0.2, -0.15) is 0 Å². The number of hydrogen-bond donors (Lipinski definition) is 2. The maximum atomic E-state index is 12.6. The third kappa shape index (κ3) is 4.86. The summed E-state index contributed by atoms with van der Waals surface area (Å²) in [4.78, 5) is 24.6. The minimum absolute atomic E-state index is 0.0187. The Hall–Kier alpha value is -4.38. The Balaban J connectivity index is 1.23. The lowest BCUT2D eigenvalue weighted by atomic mass is 9.92. The fourth-order valence-corrected chi connectivity index (χ4v) is 4.97. The van der Waals surface area contributed by atoms with E-state index in [0.717, 1.165) is 38.9 Å². The highest BCUT2D eigenvalue weighted by molar-refractivity contribution is 5.79. The smallest absolute Gasteiger partial charge is 0.407 e. The van der Waals surface area contributed by atoms with E-state index >= 15 is 0 Å². The van der Waals surface area contributed by atoms with Gasteiger partial charge in [0.2, 0.25) is 0 Å². The predicted molar refractivity (Wildman–Crippen MR) is 140 cm³/mol. The van der Waals surface area contributed by atoms with Crippen LogP contribution >= 0.6 is 0 Å². The number of hydrogen-bond acceptors (Lipinski definition) is 3. The molecule has 36 heavy (non-hydrogen) atoms. The number of rotatable bonds is 8. The molecule has 180 valence electrons. The Morgan fingerprint density at radius 2 is 1.31 bits per heavy atom. The molecule has 1 atom stereocenters. The molecule has 5 heteroatoms. The van der Waals surface area contributed by atoms with Crippen LogP contribution in [0.25, 0.3) is 22.3 Å². The number of benzene rings is 4. The van der Waals surface area contributed by atoms with Crippen molar-refractivity contribution in [3.05, 3.63) is 120 Å². The van der Waals surface area contributed by atoms with Gasteiger partial charge in [0.1, 0.15) is 6.61 Å². The number of aliphatic carboxylic acids is 1. The molecular weight excluding hydrogens is 450 g/mol. The third-order valence-electron chi connectivity index (χ3n) is 6.75. The van der Waals surface area contributed by atoms with E-state index in [1.807, 2.05) is 78.9 Å². The number of alkyl carbamates (subject to hydrolysis) is 1. The lowest BCUT2D eigenvalue weighted by Crippen LogP contribution is -2.35. The third-order valence-corrected chi connectivity index (χ3v) is 6.75. The maximum absolute atomic E-state index is 12.6. The molecule has 1 aliphatic rings. The average Bonchev–Trinajstić information content (AvgIpc) is 3.24. The molecule has 0 aliphatic heterocycles. The maximum Gasteiger partial charge on any atom is 0.407 e. The van der Waals surface area contributed by atoms with Gasteiger partial charge in [0, 0.05) is 12.5 Å². The molecule has 4 aromatic rings. The van der Waals surface area contributed by atoms with E-state index < -0.39 is 18.0 Å². The molecule has 0 aromatic heterocycles. The highest BCUT2D eigenvalue weighted by Crippen LogP contribution is 2.44. The van der Waals surface area contributed by atoms with E-state index in [1.165, 1.54) is 0 Å². The number of amides is 1. The number of ether oxygens (including phenoxy) is 1. The van der Waals surface area contributed by atoms with Crippen molar-refractivity contribution in [1.29, 1.82) is 0 Å². The molecule has 0 unspecified atom stereocenters. The van der Waals surface area contributed by atoms with E-state index in [2.05, 4.69) is 29.6 Å². The van der Waals surface area contributed by atoms with Crippen molar-refractivity contribution in [2.24, 2.45) is 5.92 Å². The lowest BCUT2D eigenvalue weighted by Gasteiger charge is -2.17. The van der Waals surface area contributed by atoms with Crippen molar-refractivity contribution in [2.75, 3.05) is 13.2 Å². The normalized spacial score (nSPS) is 12.9. The summed E-state index contributed by atoms with van der Waals surface area (Å²) in [7, 11) is 0. The second kappa shape index (κ2) is 10.5. The Bertz CT molecular complexity index is 1340.